The number of esters is 1. The molecule has 46 heavy (non-hydrogen) atoms. The SMILES string of the molecule is C=C1C[C@@]23CCC4[C@](C)(C(=O)O[C@@H]5OC(CO)[C@@H](O)[C@@H](O)C5O)CCC[C@@]4(C)[C@@H]2CCC1(OC[C@@H]1OC(CO)[C@@H](O)[C@@H](O)C1O)C3. The fourth-order valence-electron chi connectivity index (χ4n) is 10.8. The van der Waals surface area contributed by atoms with Crippen LogP contribution < -0.4 is 0 Å². The Morgan fingerprint density at radius 3 is 2.09 bits per heavy atom. The van der Waals surface area contributed by atoms with Crippen molar-refractivity contribution in [1.29, 1.82) is 0 Å². The van der Waals surface area contributed by atoms with Gasteiger partial charge in [0.1, 0.15) is 54.9 Å². The molecule has 2 aliphatic heterocycles. The lowest BCUT2D eigenvalue weighted by molar-refractivity contribution is -0.298. The Bertz CT molecular complexity index is 1160. The maximum atomic E-state index is 13.9. The topological polar surface area (TPSA) is 216 Å². The van der Waals surface area contributed by atoms with Crippen molar-refractivity contribution in [2.75, 3.05) is 19.8 Å². The Morgan fingerprint density at radius 2 is 1.41 bits per heavy atom. The summed E-state index contributed by atoms with van der Waals surface area (Å²) < 4.78 is 23.5. The minimum absolute atomic E-state index is 0.0156. The Labute approximate surface area is 269 Å². The van der Waals surface area contributed by atoms with E-state index in [2.05, 4.69) is 13.5 Å². The first-order valence-corrected chi connectivity index (χ1v) is 16.8. The van der Waals surface area contributed by atoms with Gasteiger partial charge < -0.3 is 59.8 Å². The summed E-state index contributed by atoms with van der Waals surface area (Å²) in [5.41, 5.74) is -0.805. The zero-order valence-electron chi connectivity index (χ0n) is 26.7. The molecule has 13 nitrogen and oxygen atoms in total. The molecule has 6 fully saturated rings. The van der Waals surface area contributed by atoms with Crippen LogP contribution in [0.25, 0.3) is 0 Å². The number of aliphatic hydroxyl groups excluding tert-OH is 8. The van der Waals surface area contributed by atoms with Crippen molar-refractivity contribution in [2.45, 2.75) is 138 Å². The summed E-state index contributed by atoms with van der Waals surface area (Å²) in [4.78, 5) is 13.9. The normalized spacial score (nSPS) is 53.7. The lowest BCUT2D eigenvalue weighted by atomic mass is 9.41. The van der Waals surface area contributed by atoms with E-state index in [-0.39, 0.29) is 29.3 Å². The van der Waals surface area contributed by atoms with Crippen molar-refractivity contribution in [3.8, 4) is 0 Å². The summed E-state index contributed by atoms with van der Waals surface area (Å²) in [5.74, 6) is -0.257. The number of aliphatic hydroxyl groups is 8. The highest BCUT2D eigenvalue weighted by atomic mass is 16.7. The summed E-state index contributed by atoms with van der Waals surface area (Å²) in [6.07, 6.45) is -6.67. The van der Waals surface area contributed by atoms with Gasteiger partial charge in [-0.05, 0) is 86.5 Å². The second kappa shape index (κ2) is 12.3. The molecule has 16 atom stereocenters. The average molecular weight is 657 g/mol. The highest BCUT2D eigenvalue weighted by Crippen LogP contribution is 2.73. The van der Waals surface area contributed by atoms with Crippen LogP contribution in [0.5, 0.6) is 0 Å². The van der Waals surface area contributed by atoms with Gasteiger partial charge in [-0.15, -0.1) is 0 Å². The number of carbonyl (C=O) groups is 1. The smallest absolute Gasteiger partial charge is 0.314 e. The van der Waals surface area contributed by atoms with Crippen molar-refractivity contribution >= 4 is 5.97 Å². The van der Waals surface area contributed by atoms with Gasteiger partial charge in [-0.3, -0.25) is 4.79 Å². The minimum Gasteiger partial charge on any atom is -0.432 e. The van der Waals surface area contributed by atoms with Crippen molar-refractivity contribution in [2.24, 2.45) is 28.1 Å². The van der Waals surface area contributed by atoms with Gasteiger partial charge in [0.25, 0.3) is 0 Å². The molecule has 0 aromatic heterocycles. The van der Waals surface area contributed by atoms with Crippen molar-refractivity contribution < 1.29 is 64.6 Å². The summed E-state index contributed by atoms with van der Waals surface area (Å²) >= 11 is 0. The van der Waals surface area contributed by atoms with Gasteiger partial charge in [-0.25, -0.2) is 0 Å². The maximum absolute atomic E-state index is 13.9. The highest BCUT2D eigenvalue weighted by molar-refractivity contribution is 5.77. The monoisotopic (exact) mass is 656 g/mol. The van der Waals surface area contributed by atoms with E-state index in [1.54, 1.807) is 0 Å². The fraction of sp³-hybridized carbons (Fsp3) is 0.909. The Kier molecular flexibility index (Phi) is 9.24. The van der Waals surface area contributed by atoms with E-state index >= 15 is 0 Å². The van der Waals surface area contributed by atoms with Gasteiger partial charge in [-0.1, -0.05) is 19.9 Å². The van der Waals surface area contributed by atoms with Crippen LogP contribution >= 0.6 is 0 Å². The number of ether oxygens (including phenoxy) is 4. The molecular formula is C33H52O13. The summed E-state index contributed by atoms with van der Waals surface area (Å²) in [7, 11) is 0. The number of carbonyl (C=O) groups excluding carboxylic acids is 1. The zero-order chi connectivity index (χ0) is 33.4. The maximum Gasteiger partial charge on any atom is 0.314 e. The summed E-state index contributed by atoms with van der Waals surface area (Å²) in [6.45, 7) is 7.52. The molecule has 0 aromatic rings. The standard InChI is InChI=1S/C33H52O13/c1-16-11-32-9-5-20-30(2,7-4-8-31(20,3)29(42)46-28-27(41)26(40)23(37)18(13-35)45-28)21(32)6-10-33(16,15-32)43-14-19-24(38)25(39)22(36)17(12-34)44-19/h17-28,34-41H,1,4-15H2,2-3H3/t17?,18?,19-,20?,21-,22+,23+,24?,25+,26+,27?,28-,30+,31+,32+,33?/m0/s1. The van der Waals surface area contributed by atoms with E-state index in [9.17, 15) is 45.6 Å². The molecule has 8 N–H and O–H groups in total. The molecule has 13 heteroatoms. The third-order valence-corrected chi connectivity index (χ3v) is 13.2. The first kappa shape index (κ1) is 34.6. The van der Waals surface area contributed by atoms with Gasteiger partial charge in [0.2, 0.25) is 6.29 Å². The van der Waals surface area contributed by atoms with E-state index < -0.39 is 91.4 Å². The Morgan fingerprint density at radius 1 is 0.804 bits per heavy atom. The highest BCUT2D eigenvalue weighted by Gasteiger charge is 2.68. The minimum atomic E-state index is -1.66. The van der Waals surface area contributed by atoms with E-state index in [1.165, 1.54) is 0 Å². The third-order valence-electron chi connectivity index (χ3n) is 13.2. The Hall–Kier alpha value is -1.23. The molecule has 1 spiro atoms. The van der Waals surface area contributed by atoms with Crippen molar-refractivity contribution in [3.63, 3.8) is 0 Å². The van der Waals surface area contributed by atoms with Gasteiger partial charge in [0.15, 0.2) is 0 Å². The molecule has 0 aromatic carbocycles. The number of rotatable bonds is 7. The van der Waals surface area contributed by atoms with Crippen LogP contribution in [0.2, 0.25) is 0 Å². The first-order chi connectivity index (χ1) is 21.7. The third kappa shape index (κ3) is 5.20. The Balaban J connectivity index is 1.17. The van der Waals surface area contributed by atoms with Crippen LogP contribution in [0.4, 0.5) is 0 Å². The van der Waals surface area contributed by atoms with Crippen LogP contribution in [0, 0.1) is 28.1 Å². The molecule has 2 heterocycles. The van der Waals surface area contributed by atoms with Crippen LogP contribution in [0.15, 0.2) is 12.2 Å². The predicted molar refractivity (Wildman–Crippen MR) is 159 cm³/mol. The fourth-order valence-corrected chi connectivity index (χ4v) is 10.8. The number of hydrogen-bond donors (Lipinski definition) is 8. The molecule has 6 unspecified atom stereocenters. The van der Waals surface area contributed by atoms with Gasteiger partial charge in [-0.2, -0.15) is 0 Å². The zero-order valence-corrected chi connectivity index (χ0v) is 26.7. The summed E-state index contributed by atoms with van der Waals surface area (Å²) in [6, 6.07) is 0. The second-order valence-electron chi connectivity index (χ2n) is 15.6. The number of hydrogen-bond acceptors (Lipinski definition) is 13. The molecule has 0 radical (unpaired) electrons. The lowest BCUT2D eigenvalue weighted by Gasteiger charge is -2.64. The molecule has 4 saturated carbocycles. The molecule has 2 saturated heterocycles. The number of fused-ring (bicyclic) bond motifs is 3. The molecule has 4 aliphatic carbocycles. The van der Waals surface area contributed by atoms with Crippen LogP contribution in [0.3, 0.4) is 0 Å². The van der Waals surface area contributed by atoms with Gasteiger partial charge in [0, 0.05) is 0 Å². The molecular weight excluding hydrogens is 604 g/mol. The van der Waals surface area contributed by atoms with E-state index in [0.717, 1.165) is 50.5 Å². The van der Waals surface area contributed by atoms with Crippen LogP contribution in [-0.2, 0) is 23.7 Å². The van der Waals surface area contributed by atoms with E-state index in [0.29, 0.717) is 12.8 Å². The van der Waals surface area contributed by atoms with E-state index in [1.807, 2.05) is 6.92 Å². The second-order valence-corrected chi connectivity index (χ2v) is 15.6. The van der Waals surface area contributed by atoms with Crippen molar-refractivity contribution in [1.82, 2.24) is 0 Å². The van der Waals surface area contributed by atoms with Gasteiger partial charge >= 0.3 is 5.97 Å². The van der Waals surface area contributed by atoms with Crippen molar-refractivity contribution in [3.05, 3.63) is 12.2 Å². The predicted octanol–water partition coefficient (Wildman–Crippen LogP) is -0.720. The van der Waals surface area contributed by atoms with Gasteiger partial charge in [0.05, 0.1) is 30.8 Å². The average Bonchev–Trinajstić information content (AvgIpc) is 3.23. The first-order valence-electron chi connectivity index (χ1n) is 16.8. The molecule has 2 bridgehead atoms. The summed E-state index contributed by atoms with van der Waals surface area (Å²) in [5, 5.41) is 81.1. The molecule has 262 valence electrons. The molecule has 0 amide bonds. The molecule has 6 aliphatic rings. The largest absolute Gasteiger partial charge is 0.432 e. The van der Waals surface area contributed by atoms with Crippen LogP contribution in [0.1, 0.15) is 71.6 Å². The lowest BCUT2D eigenvalue weighted by Crippen LogP contribution is -2.62. The molecule has 6 rings (SSSR count). The van der Waals surface area contributed by atoms with E-state index in [4.69, 9.17) is 18.9 Å². The quantitative estimate of drug-likeness (QED) is 0.126. The van der Waals surface area contributed by atoms with Crippen LogP contribution in [-0.4, -0.2) is 133 Å².